The second-order valence-corrected chi connectivity index (χ2v) is 13.2. The number of aryl methyl sites for hydroxylation is 2. The molecule has 0 saturated carbocycles. The Hall–Kier alpha value is -6.44. The molecule has 1 heteroatoms. The highest BCUT2D eigenvalue weighted by molar-refractivity contribution is 5.86. The Morgan fingerprint density at radius 3 is 2.04 bits per heavy atom. The van der Waals surface area contributed by atoms with Crippen molar-refractivity contribution in [1.82, 2.24) is 0 Å². The minimum absolute atomic E-state index is 1.05. The number of allylic oxidation sites excluding steroid dienone is 14. The van der Waals surface area contributed by atoms with Gasteiger partial charge in [-0.25, -0.2) is 0 Å². The van der Waals surface area contributed by atoms with Crippen molar-refractivity contribution in [3.05, 3.63) is 240 Å². The molecule has 0 heterocycles. The van der Waals surface area contributed by atoms with E-state index in [1.54, 1.807) is 6.08 Å². The Morgan fingerprint density at radius 2 is 1.29 bits per heavy atom. The highest BCUT2D eigenvalue weighted by Crippen LogP contribution is 2.30. The average Bonchev–Trinajstić information content (AvgIpc) is 3.45. The zero-order valence-corrected chi connectivity index (χ0v) is 33.0. The lowest BCUT2D eigenvalue weighted by atomic mass is 9.94. The van der Waals surface area contributed by atoms with Crippen LogP contribution in [0.3, 0.4) is 0 Å². The molecule has 5 aromatic rings. The quantitative estimate of drug-likeness (QED) is 0.142. The van der Waals surface area contributed by atoms with Crippen molar-refractivity contribution in [2.75, 3.05) is 0 Å². The number of fused-ring (bicyclic) bond motifs is 2. The summed E-state index contributed by atoms with van der Waals surface area (Å²) in [4.78, 5) is 0. The van der Waals surface area contributed by atoms with Crippen LogP contribution >= 0.6 is 0 Å². The lowest BCUT2D eigenvalue weighted by Crippen LogP contribution is -2.28. The first-order valence-corrected chi connectivity index (χ1v) is 19.0. The fourth-order valence-electron chi connectivity index (χ4n) is 6.19. The van der Waals surface area contributed by atoms with Crippen molar-refractivity contribution in [2.45, 2.75) is 40.5 Å². The smallest absolute Gasteiger partial charge is 0.00624 e. The maximum absolute atomic E-state index is 5.32. The second-order valence-electron chi connectivity index (χ2n) is 13.2. The molecule has 0 aliphatic heterocycles. The summed E-state index contributed by atoms with van der Waals surface area (Å²) in [6, 6.07) is 38.9. The fourth-order valence-corrected chi connectivity index (χ4v) is 6.19. The Labute approximate surface area is 330 Å². The largest absolute Gasteiger partial charge is 0.405 e. The van der Waals surface area contributed by atoms with Gasteiger partial charge in [-0.3, -0.25) is 0 Å². The molecule has 0 saturated heterocycles. The van der Waals surface area contributed by atoms with E-state index in [2.05, 4.69) is 205 Å². The van der Waals surface area contributed by atoms with E-state index in [4.69, 9.17) is 5.73 Å². The summed E-state index contributed by atoms with van der Waals surface area (Å²) in [6.07, 6.45) is 32.7. The van der Waals surface area contributed by atoms with Gasteiger partial charge in [0.2, 0.25) is 0 Å². The molecule has 0 unspecified atom stereocenters. The molecule has 0 radical (unpaired) electrons. The molecule has 0 spiro atoms. The van der Waals surface area contributed by atoms with Crippen LogP contribution < -0.4 is 16.2 Å². The lowest BCUT2D eigenvalue weighted by molar-refractivity contribution is 1.19. The summed E-state index contributed by atoms with van der Waals surface area (Å²) >= 11 is 0. The molecular formula is C54H55N. The van der Waals surface area contributed by atoms with Gasteiger partial charge in [0.25, 0.3) is 0 Å². The molecule has 276 valence electrons. The molecule has 0 atom stereocenters. The van der Waals surface area contributed by atoms with Crippen LogP contribution in [0.25, 0.3) is 44.7 Å². The standard InChI is InChI=1S/C25H23N.C16H18.C11H10.C2H4/c1-20-12-14-21(15-13-20)24-17-16-23-11-7-6-10-22(25(23)19-24)9-5-3-2-4-8-18-26;1-3-13(2)15-11-7-8-12-16(15)14-9-5-4-6-10-14;1-9-6-7-10-4-2-3-5-11(10)8-9;1-2/h2-19H,26H2,1H3;4-9,11-12H,3,10H2,1-2H3;2-8H,1H3;1-2H2/b4-2-,5-3-,18-8+,22-9-;15-13-,16-14-;;. The van der Waals surface area contributed by atoms with E-state index in [1.165, 1.54) is 77.5 Å². The maximum atomic E-state index is 5.32. The van der Waals surface area contributed by atoms with Crippen molar-refractivity contribution < 1.29 is 0 Å². The normalized spacial score (nSPS) is 15.2. The van der Waals surface area contributed by atoms with Crippen LogP contribution in [0.15, 0.2) is 208 Å². The van der Waals surface area contributed by atoms with E-state index in [-0.39, 0.29) is 0 Å². The topological polar surface area (TPSA) is 26.0 Å². The Morgan fingerprint density at radius 1 is 0.636 bits per heavy atom. The van der Waals surface area contributed by atoms with Crippen LogP contribution in [0, 0.1) is 13.8 Å². The molecule has 5 aromatic carbocycles. The zero-order chi connectivity index (χ0) is 39.3. The Bertz CT molecular complexity index is 2380. The predicted octanol–water partition coefficient (Wildman–Crippen LogP) is 13.1. The van der Waals surface area contributed by atoms with Gasteiger partial charge >= 0.3 is 0 Å². The van der Waals surface area contributed by atoms with Crippen molar-refractivity contribution in [2.24, 2.45) is 5.73 Å². The van der Waals surface area contributed by atoms with Crippen LogP contribution in [-0.4, -0.2) is 0 Å². The van der Waals surface area contributed by atoms with Crippen LogP contribution in [-0.2, 0) is 0 Å². The molecule has 0 aromatic heterocycles. The molecule has 1 nitrogen and oxygen atoms in total. The monoisotopic (exact) mass is 717 g/mol. The van der Waals surface area contributed by atoms with Gasteiger partial charge < -0.3 is 5.73 Å². The first-order valence-electron chi connectivity index (χ1n) is 19.0. The van der Waals surface area contributed by atoms with Gasteiger partial charge in [0.05, 0.1) is 0 Å². The molecule has 55 heavy (non-hydrogen) atoms. The third kappa shape index (κ3) is 12.6. The average molecular weight is 718 g/mol. The van der Waals surface area contributed by atoms with Crippen LogP contribution in [0.5, 0.6) is 0 Å². The van der Waals surface area contributed by atoms with E-state index < -0.39 is 0 Å². The molecule has 2 N–H and O–H groups in total. The first-order chi connectivity index (χ1) is 27.0. The third-order valence-corrected chi connectivity index (χ3v) is 9.29. The summed E-state index contributed by atoms with van der Waals surface area (Å²) in [5.74, 6) is 0. The molecule has 0 fully saturated rings. The molecule has 2 aliphatic rings. The maximum Gasteiger partial charge on any atom is -0.00624 e. The lowest BCUT2D eigenvalue weighted by Gasteiger charge is -2.10. The number of benzene rings is 5. The van der Waals surface area contributed by atoms with Crippen LogP contribution in [0.1, 0.15) is 48.9 Å². The Kier molecular flexibility index (Phi) is 17.0. The molecular weight excluding hydrogens is 663 g/mol. The summed E-state index contributed by atoms with van der Waals surface area (Å²) < 4.78 is 0. The Balaban J connectivity index is 0.000000196. The van der Waals surface area contributed by atoms with E-state index in [0.717, 1.165) is 12.8 Å². The highest BCUT2D eigenvalue weighted by atomic mass is 14.5. The van der Waals surface area contributed by atoms with Gasteiger partial charge in [-0.15, -0.1) is 13.2 Å². The van der Waals surface area contributed by atoms with E-state index in [0.29, 0.717) is 0 Å². The molecule has 0 bridgehead atoms. The van der Waals surface area contributed by atoms with Crippen molar-refractivity contribution in [3.63, 3.8) is 0 Å². The van der Waals surface area contributed by atoms with Gasteiger partial charge in [0.15, 0.2) is 0 Å². The number of rotatable bonds is 5. The van der Waals surface area contributed by atoms with E-state index in [9.17, 15) is 0 Å². The minimum Gasteiger partial charge on any atom is -0.405 e. The highest BCUT2D eigenvalue weighted by Gasteiger charge is 2.08. The van der Waals surface area contributed by atoms with E-state index in [1.807, 2.05) is 24.3 Å². The number of nitrogens with two attached hydrogens (primary N) is 1. The third-order valence-electron chi connectivity index (χ3n) is 9.29. The molecule has 2 aliphatic carbocycles. The fraction of sp³-hybridized carbons (Fsp3) is 0.111. The first kappa shape index (κ1) is 41.3. The van der Waals surface area contributed by atoms with E-state index >= 15 is 0 Å². The summed E-state index contributed by atoms with van der Waals surface area (Å²) in [6.45, 7) is 14.7. The minimum atomic E-state index is 1.05. The van der Waals surface area contributed by atoms with Crippen molar-refractivity contribution in [3.8, 4) is 11.1 Å². The van der Waals surface area contributed by atoms with Crippen LogP contribution in [0.2, 0.25) is 0 Å². The summed E-state index contributed by atoms with van der Waals surface area (Å²) in [5.41, 5.74) is 16.9. The predicted molar refractivity (Wildman–Crippen MR) is 246 cm³/mol. The van der Waals surface area contributed by atoms with Gasteiger partial charge in [-0.2, -0.15) is 0 Å². The van der Waals surface area contributed by atoms with Crippen LogP contribution in [0.4, 0.5) is 0 Å². The second kappa shape index (κ2) is 22.6. The van der Waals surface area contributed by atoms with Gasteiger partial charge in [0.1, 0.15) is 0 Å². The molecule has 0 amide bonds. The van der Waals surface area contributed by atoms with Gasteiger partial charge in [-0.1, -0.05) is 206 Å². The van der Waals surface area contributed by atoms with Gasteiger partial charge in [-0.05, 0) is 107 Å². The number of hydrogen-bond acceptors (Lipinski definition) is 1. The zero-order valence-electron chi connectivity index (χ0n) is 33.0. The number of hydrogen-bond donors (Lipinski definition) is 1. The summed E-state index contributed by atoms with van der Waals surface area (Å²) in [7, 11) is 0. The molecule has 7 rings (SSSR count). The van der Waals surface area contributed by atoms with Crippen molar-refractivity contribution >= 4 is 33.6 Å². The van der Waals surface area contributed by atoms with Gasteiger partial charge in [0, 0.05) is 0 Å². The van der Waals surface area contributed by atoms with Crippen molar-refractivity contribution in [1.29, 1.82) is 0 Å². The SMILES string of the molecule is C=C.CC/C(C)=c1/cccc/c1=C1\C=CC=CC1.Cc1ccc(-c2ccc3c(c2)\C(=C/C=C\C=C/C=C/N)C=CC=C3)cc1.Cc1ccc2ccccc2c1. The summed E-state index contributed by atoms with van der Waals surface area (Å²) in [5, 5.41) is 5.44.